The molecule has 454 valence electrons. The van der Waals surface area contributed by atoms with Crippen molar-refractivity contribution >= 4 is 84.1 Å². The molecule has 2 heterocycles. The Morgan fingerprint density at radius 3 is 1.34 bits per heavy atom. The molecule has 0 N–H and O–H groups in total. The zero-order chi connectivity index (χ0) is 63.7. The molecule has 5 heteroatoms. The lowest BCUT2D eigenvalue weighted by atomic mass is 9.85. The quantitative estimate of drug-likeness (QED) is 0.136. The van der Waals surface area contributed by atoms with Crippen LogP contribution in [-0.2, 0) is 27.1 Å². The lowest BCUT2D eigenvalue weighted by Crippen LogP contribution is -2.20. The van der Waals surface area contributed by atoms with Gasteiger partial charge in [-0.2, -0.15) is 0 Å². The molecule has 5 nitrogen and oxygen atoms in total. The van der Waals surface area contributed by atoms with Crippen LogP contribution in [0.15, 0.2) is 215 Å². The van der Waals surface area contributed by atoms with Crippen LogP contribution in [0.2, 0.25) is 0 Å². The summed E-state index contributed by atoms with van der Waals surface area (Å²) in [7, 11) is 0. The molecule has 0 fully saturated rings. The molecule has 11 rings (SSSR count). The molecule has 0 saturated heterocycles. The minimum atomic E-state index is -0.159. The summed E-state index contributed by atoms with van der Waals surface area (Å²) in [6.45, 7) is 43.2. The highest BCUT2D eigenvalue weighted by molar-refractivity contribution is 6.11. The molecular weight excluding hydrogens is 1080 g/mol. The van der Waals surface area contributed by atoms with E-state index < -0.39 is 0 Å². The summed E-state index contributed by atoms with van der Waals surface area (Å²) in [6, 6.07) is 76.4. The van der Waals surface area contributed by atoms with Gasteiger partial charge in [0.15, 0.2) is 5.58 Å². The van der Waals surface area contributed by atoms with E-state index in [4.69, 9.17) is 8.83 Å². The lowest BCUT2D eigenvalue weighted by molar-refractivity contribution is 0.512. The molecule has 0 aliphatic carbocycles. The third kappa shape index (κ3) is 12.1. The largest absolute Gasteiger partial charge is 0.460 e. The predicted molar refractivity (Wildman–Crippen MR) is 383 cm³/mol. The molecule has 2 aromatic heterocycles. The van der Waals surface area contributed by atoms with Crippen LogP contribution < -0.4 is 14.7 Å². The fraction of sp³-hybridized carbons (Fsp3) is 0.286. The Kier molecular flexibility index (Phi) is 16.2. The summed E-state index contributed by atoms with van der Waals surface area (Å²) in [6.07, 6.45) is 0. The van der Waals surface area contributed by atoms with Crippen molar-refractivity contribution in [2.24, 2.45) is 0 Å². The molecule has 0 radical (unpaired) electrons. The maximum absolute atomic E-state index is 7.35. The fourth-order valence-electron chi connectivity index (χ4n) is 12.8. The molecule has 0 bridgehead atoms. The minimum absolute atomic E-state index is 0.0515. The molecule has 0 atom stereocenters. The third-order valence-electron chi connectivity index (χ3n) is 17.8. The molecule has 0 aliphatic rings. The van der Waals surface area contributed by atoms with Crippen molar-refractivity contribution in [3.05, 3.63) is 257 Å². The number of anilines is 9. The van der Waals surface area contributed by atoms with E-state index in [9.17, 15) is 0 Å². The first-order valence-corrected chi connectivity index (χ1v) is 31.8. The smallest absolute Gasteiger partial charge is 0.159 e. The van der Waals surface area contributed by atoms with Gasteiger partial charge in [0.2, 0.25) is 0 Å². The number of furan rings is 1. The van der Waals surface area contributed by atoms with Gasteiger partial charge in [-0.15, -0.1) is 0 Å². The van der Waals surface area contributed by atoms with Crippen LogP contribution in [0.1, 0.15) is 154 Å². The van der Waals surface area contributed by atoms with Gasteiger partial charge in [-0.25, -0.2) is 0 Å². The van der Waals surface area contributed by atoms with E-state index in [2.05, 4.69) is 353 Å². The van der Waals surface area contributed by atoms with Crippen molar-refractivity contribution in [1.29, 1.82) is 0 Å². The van der Waals surface area contributed by atoms with Crippen molar-refractivity contribution in [2.45, 2.75) is 159 Å². The van der Waals surface area contributed by atoms with Gasteiger partial charge in [0.25, 0.3) is 0 Å². The Balaban J connectivity index is 1.31. The van der Waals surface area contributed by atoms with Gasteiger partial charge in [-0.3, -0.25) is 0 Å². The summed E-state index contributed by atoms with van der Waals surface area (Å²) in [4.78, 5) is 7.46. The molecule has 0 saturated carbocycles. The maximum Gasteiger partial charge on any atom is 0.159 e. The Morgan fingerprint density at radius 2 is 0.742 bits per heavy atom. The molecule has 0 spiro atoms. The Hall–Kier alpha value is -8.80. The topological polar surface area (TPSA) is 36.0 Å². The zero-order valence-corrected chi connectivity index (χ0v) is 56.3. The van der Waals surface area contributed by atoms with Crippen LogP contribution in [0.4, 0.5) is 51.2 Å². The van der Waals surface area contributed by atoms with E-state index in [1.807, 2.05) is 0 Å². The number of nitrogens with zero attached hydrogens (tertiary/aromatic N) is 3. The van der Waals surface area contributed by atoms with E-state index >= 15 is 0 Å². The van der Waals surface area contributed by atoms with Gasteiger partial charge in [-0.1, -0.05) is 249 Å². The number of para-hydroxylation sites is 5. The maximum atomic E-state index is 7.35. The second-order valence-electron chi connectivity index (χ2n) is 29.7. The molecule has 0 amide bonds. The zero-order valence-electron chi connectivity index (χ0n) is 56.3. The van der Waals surface area contributed by atoms with Crippen molar-refractivity contribution in [2.75, 3.05) is 14.7 Å². The number of hydrogen-bond donors (Lipinski definition) is 0. The number of fused-ring (bicyclic) bond motifs is 4. The van der Waals surface area contributed by atoms with Crippen LogP contribution in [0.5, 0.6) is 0 Å². The van der Waals surface area contributed by atoms with E-state index in [0.29, 0.717) is 0 Å². The van der Waals surface area contributed by atoms with Gasteiger partial charge in [0.05, 0.1) is 28.4 Å². The predicted octanol–water partition coefficient (Wildman–Crippen LogP) is 25.3. The van der Waals surface area contributed by atoms with Gasteiger partial charge in [-0.05, 0) is 154 Å². The highest BCUT2D eigenvalue weighted by Crippen LogP contribution is 2.53. The highest BCUT2D eigenvalue weighted by atomic mass is 16.3. The van der Waals surface area contributed by atoms with Crippen LogP contribution in [-0.4, -0.2) is 0 Å². The van der Waals surface area contributed by atoms with Gasteiger partial charge in [0, 0.05) is 55.6 Å². The third-order valence-corrected chi connectivity index (χ3v) is 17.8. The molecule has 0 unspecified atom stereocenters. The molecule has 9 aromatic carbocycles. The monoisotopic (exact) mass is 1170 g/mol. The van der Waals surface area contributed by atoms with Gasteiger partial charge >= 0.3 is 0 Å². The standard InChI is InChI=1S/C84H91N3O2/c1-54-50-60(81(8,9)10)44-48-71(54)86(63-46-42-59(43-47-63)80(5,6)7)75-52-64(85(62-32-21-20-22-33-62)74-41-29-37-68-67-36-28-39-70(84(17,18)19)78(67)89-79(68)74)53-76(56(75)3)87(72-49-45-61(51-55(72)2)82(11,12)13)73-40-26-24-34-65(73)66-35-27-31-58-30-23-25-38-69(83(14,15)16)57(4)88-77(58)66/h20-53H,1-19H3. The number of hydrogen-bond acceptors (Lipinski definition) is 5. The van der Waals surface area contributed by atoms with E-state index in [0.717, 1.165) is 118 Å². The van der Waals surface area contributed by atoms with E-state index in [-0.39, 0.29) is 27.1 Å². The number of aryl methyl sites for hydroxylation is 3. The second-order valence-corrected chi connectivity index (χ2v) is 29.7. The molecule has 89 heavy (non-hydrogen) atoms. The van der Waals surface area contributed by atoms with Crippen molar-refractivity contribution in [3.63, 3.8) is 0 Å². The molecular formula is C84H91N3O2. The van der Waals surface area contributed by atoms with Crippen LogP contribution in [0, 0.1) is 27.7 Å². The number of benzene rings is 9. The highest BCUT2D eigenvalue weighted by Gasteiger charge is 2.31. The summed E-state index contributed by atoms with van der Waals surface area (Å²) >= 11 is 0. The van der Waals surface area contributed by atoms with Crippen LogP contribution >= 0.6 is 0 Å². The first kappa shape index (κ1) is 61.8. The first-order chi connectivity index (χ1) is 42.0. The van der Waals surface area contributed by atoms with Gasteiger partial charge < -0.3 is 23.5 Å². The SMILES string of the molecule is Cc1cc(C(C)(C)C)ccc1N(c1ccc(C(C)(C)C)cc1)c1cc(N(c2ccccc2)c2cccc3c2oc2c(C(C)(C)C)cccc23)cc(N(c2ccc(C(C)(C)C)cc2C)c2ccccc2-c2cccc3ccccc(C(C)(C)C)c(C)oc23)c1C. The lowest BCUT2D eigenvalue weighted by Gasteiger charge is -2.36. The van der Waals surface area contributed by atoms with Crippen molar-refractivity contribution in [1.82, 2.24) is 0 Å². The first-order valence-electron chi connectivity index (χ1n) is 31.8. The fourth-order valence-corrected chi connectivity index (χ4v) is 12.8. The summed E-state index contributed by atoms with van der Waals surface area (Å²) in [5.74, 6) is 0.874. The van der Waals surface area contributed by atoms with Crippen molar-refractivity contribution < 1.29 is 8.83 Å². The van der Waals surface area contributed by atoms with E-state index in [1.54, 1.807) is 0 Å². The Bertz CT molecular complexity index is 4500. The van der Waals surface area contributed by atoms with Crippen molar-refractivity contribution in [3.8, 4) is 11.1 Å². The molecule has 0 aliphatic heterocycles. The second kappa shape index (κ2) is 23.3. The Morgan fingerprint density at radius 1 is 0.281 bits per heavy atom. The minimum Gasteiger partial charge on any atom is -0.460 e. The normalized spacial score (nSPS) is 12.4. The van der Waals surface area contributed by atoms with Gasteiger partial charge in [0.1, 0.15) is 16.9 Å². The average molecular weight is 1170 g/mol. The Labute approximate surface area is 531 Å². The summed E-state index contributed by atoms with van der Waals surface area (Å²) in [5, 5.41) is 3.17. The van der Waals surface area contributed by atoms with Crippen LogP contribution in [0.25, 0.3) is 44.0 Å². The van der Waals surface area contributed by atoms with Crippen LogP contribution in [0.3, 0.4) is 0 Å². The summed E-state index contributed by atoms with van der Waals surface area (Å²) in [5.41, 5.74) is 22.8. The number of rotatable bonds is 10. The molecule has 11 aromatic rings. The average Bonchev–Trinajstić information content (AvgIpc) is 1.84. The summed E-state index contributed by atoms with van der Waals surface area (Å²) < 4.78 is 14.6. The van der Waals surface area contributed by atoms with E-state index in [1.165, 1.54) is 27.8 Å².